The quantitative estimate of drug-likeness (QED) is 0.775. The number of hydrogen-bond acceptors (Lipinski definition) is 4. The van der Waals surface area contributed by atoms with Crippen molar-refractivity contribution in [1.29, 1.82) is 0 Å². The number of ether oxygens (including phenoxy) is 1. The van der Waals surface area contributed by atoms with Crippen molar-refractivity contribution in [3.05, 3.63) is 65.9 Å². The van der Waals surface area contributed by atoms with E-state index in [0.29, 0.717) is 17.1 Å². The summed E-state index contributed by atoms with van der Waals surface area (Å²) in [5, 5.41) is 12.2. The van der Waals surface area contributed by atoms with Crippen molar-refractivity contribution in [2.75, 3.05) is 5.32 Å². The van der Waals surface area contributed by atoms with Crippen LogP contribution in [0.3, 0.4) is 0 Å². The molecule has 1 amide bonds. The zero-order chi connectivity index (χ0) is 16.2. The highest BCUT2D eigenvalue weighted by molar-refractivity contribution is 6.03. The van der Waals surface area contributed by atoms with Crippen molar-refractivity contribution in [2.24, 2.45) is 0 Å². The molecule has 0 atom stereocenters. The van der Waals surface area contributed by atoms with E-state index in [9.17, 15) is 13.6 Å². The van der Waals surface area contributed by atoms with Crippen molar-refractivity contribution >= 4 is 11.7 Å². The van der Waals surface area contributed by atoms with Gasteiger partial charge >= 0.3 is 0 Å². The van der Waals surface area contributed by atoms with Crippen LogP contribution in [0.25, 0.3) is 0 Å². The van der Waals surface area contributed by atoms with Gasteiger partial charge < -0.3 is 10.1 Å². The number of benzene rings is 2. The van der Waals surface area contributed by atoms with Gasteiger partial charge in [-0.1, -0.05) is 0 Å². The molecule has 3 aromatic rings. The van der Waals surface area contributed by atoms with Gasteiger partial charge in [0.2, 0.25) is 0 Å². The average Bonchev–Trinajstić information content (AvgIpc) is 3.04. The van der Waals surface area contributed by atoms with Crippen LogP contribution in [-0.4, -0.2) is 21.3 Å². The van der Waals surface area contributed by atoms with E-state index in [2.05, 4.69) is 20.7 Å². The van der Waals surface area contributed by atoms with E-state index in [1.807, 2.05) is 0 Å². The summed E-state index contributed by atoms with van der Waals surface area (Å²) in [7, 11) is 0. The third-order valence-electron chi connectivity index (χ3n) is 2.90. The maximum Gasteiger partial charge on any atom is 0.256 e. The van der Waals surface area contributed by atoms with Crippen LogP contribution in [0.1, 0.15) is 10.4 Å². The molecule has 0 aliphatic rings. The summed E-state index contributed by atoms with van der Waals surface area (Å²) in [5.41, 5.74) is 0.380. The zero-order valence-corrected chi connectivity index (χ0v) is 11.6. The van der Waals surface area contributed by atoms with Crippen molar-refractivity contribution in [3.8, 4) is 11.5 Å². The van der Waals surface area contributed by atoms with Gasteiger partial charge in [0.25, 0.3) is 5.91 Å². The van der Waals surface area contributed by atoms with Crippen LogP contribution < -0.4 is 10.1 Å². The highest BCUT2D eigenvalue weighted by Gasteiger charge is 2.09. The van der Waals surface area contributed by atoms with Gasteiger partial charge in [-0.15, -0.1) is 5.10 Å². The Kier molecular flexibility index (Phi) is 3.96. The SMILES string of the molecule is O=C(Nc1cn[nH]n1)c1ccc(Oc2ccc(F)c(F)c2)cc1. The lowest BCUT2D eigenvalue weighted by Crippen LogP contribution is -2.11. The first-order chi connectivity index (χ1) is 11.1. The number of amides is 1. The molecule has 116 valence electrons. The van der Waals surface area contributed by atoms with E-state index in [1.165, 1.54) is 24.4 Å². The Morgan fingerprint density at radius 3 is 2.43 bits per heavy atom. The molecular formula is C15H10F2N4O2. The number of aromatic amines is 1. The van der Waals surface area contributed by atoms with Gasteiger partial charge in [-0.3, -0.25) is 4.79 Å². The number of H-pyrrole nitrogens is 1. The van der Waals surface area contributed by atoms with Gasteiger partial charge in [0.15, 0.2) is 17.5 Å². The third kappa shape index (κ3) is 3.49. The average molecular weight is 316 g/mol. The molecule has 2 N–H and O–H groups in total. The molecule has 6 nitrogen and oxygen atoms in total. The Hall–Kier alpha value is -3.29. The molecule has 0 bridgehead atoms. The first kappa shape index (κ1) is 14.6. The van der Waals surface area contributed by atoms with Crippen LogP contribution in [0.2, 0.25) is 0 Å². The summed E-state index contributed by atoms with van der Waals surface area (Å²) in [4.78, 5) is 11.9. The molecule has 0 saturated carbocycles. The Labute approximate surface area is 129 Å². The van der Waals surface area contributed by atoms with Crippen LogP contribution in [0, 0.1) is 11.6 Å². The van der Waals surface area contributed by atoms with Crippen LogP contribution in [-0.2, 0) is 0 Å². The molecular weight excluding hydrogens is 306 g/mol. The normalized spacial score (nSPS) is 10.3. The van der Waals surface area contributed by atoms with E-state index in [4.69, 9.17) is 4.74 Å². The number of halogens is 2. The summed E-state index contributed by atoms with van der Waals surface area (Å²) < 4.78 is 31.3. The smallest absolute Gasteiger partial charge is 0.256 e. The Morgan fingerprint density at radius 1 is 1.04 bits per heavy atom. The molecule has 1 aromatic heterocycles. The number of nitrogens with zero attached hydrogens (tertiary/aromatic N) is 2. The number of aromatic nitrogens is 3. The fraction of sp³-hybridized carbons (Fsp3) is 0. The molecule has 0 aliphatic heterocycles. The van der Waals surface area contributed by atoms with Crippen molar-refractivity contribution in [3.63, 3.8) is 0 Å². The number of carbonyl (C=O) groups excluding carboxylic acids is 1. The molecule has 0 fully saturated rings. The van der Waals surface area contributed by atoms with Crippen LogP contribution in [0.15, 0.2) is 48.7 Å². The summed E-state index contributed by atoms with van der Waals surface area (Å²) in [6, 6.07) is 9.38. The second-order valence-corrected chi connectivity index (χ2v) is 4.51. The Morgan fingerprint density at radius 2 is 1.78 bits per heavy atom. The van der Waals surface area contributed by atoms with Gasteiger partial charge in [0, 0.05) is 11.6 Å². The number of hydrogen-bond donors (Lipinski definition) is 2. The van der Waals surface area contributed by atoms with Crippen molar-refractivity contribution in [1.82, 2.24) is 15.4 Å². The van der Waals surface area contributed by atoms with Gasteiger partial charge in [-0.25, -0.2) is 8.78 Å². The minimum atomic E-state index is -0.994. The molecule has 23 heavy (non-hydrogen) atoms. The fourth-order valence-electron chi connectivity index (χ4n) is 1.80. The van der Waals surface area contributed by atoms with Crippen molar-refractivity contribution < 1.29 is 18.3 Å². The van der Waals surface area contributed by atoms with Crippen LogP contribution in [0.5, 0.6) is 11.5 Å². The standard InChI is InChI=1S/C15H10F2N4O2/c16-12-6-5-11(7-13(12)17)23-10-3-1-9(2-4-10)15(22)19-14-8-18-21-20-14/h1-8H,(H2,18,19,20,21,22). The summed E-state index contributed by atoms with van der Waals surface area (Å²) in [6.45, 7) is 0. The Bertz CT molecular complexity index is 820. The first-order valence-corrected chi connectivity index (χ1v) is 6.52. The molecule has 0 radical (unpaired) electrons. The highest BCUT2D eigenvalue weighted by atomic mass is 19.2. The molecule has 2 aromatic carbocycles. The van der Waals surface area contributed by atoms with E-state index in [-0.39, 0.29) is 11.7 Å². The third-order valence-corrected chi connectivity index (χ3v) is 2.90. The maximum absolute atomic E-state index is 13.1. The predicted octanol–water partition coefficient (Wildman–Crippen LogP) is 3.13. The summed E-state index contributed by atoms with van der Waals surface area (Å²) >= 11 is 0. The Balaban J connectivity index is 1.69. The molecule has 0 spiro atoms. The molecule has 0 aliphatic carbocycles. The largest absolute Gasteiger partial charge is 0.457 e. The van der Waals surface area contributed by atoms with E-state index < -0.39 is 11.6 Å². The lowest BCUT2D eigenvalue weighted by Gasteiger charge is -2.07. The summed E-state index contributed by atoms with van der Waals surface area (Å²) in [6.07, 6.45) is 1.37. The van der Waals surface area contributed by atoms with Crippen LogP contribution >= 0.6 is 0 Å². The first-order valence-electron chi connectivity index (χ1n) is 6.52. The van der Waals surface area contributed by atoms with Gasteiger partial charge in [0.05, 0.1) is 6.20 Å². The second kappa shape index (κ2) is 6.22. The summed E-state index contributed by atoms with van der Waals surface area (Å²) in [5.74, 6) is -1.46. The van der Waals surface area contributed by atoms with Crippen molar-refractivity contribution in [2.45, 2.75) is 0 Å². The molecule has 1 heterocycles. The number of rotatable bonds is 4. The molecule has 0 saturated heterocycles. The molecule has 3 rings (SSSR count). The topological polar surface area (TPSA) is 79.9 Å². The minimum absolute atomic E-state index is 0.156. The van der Waals surface area contributed by atoms with Gasteiger partial charge in [0.1, 0.15) is 11.5 Å². The number of anilines is 1. The van der Waals surface area contributed by atoms with Gasteiger partial charge in [-0.2, -0.15) is 10.3 Å². The number of nitrogens with one attached hydrogen (secondary N) is 2. The molecule has 8 heteroatoms. The lowest BCUT2D eigenvalue weighted by molar-refractivity contribution is 0.102. The van der Waals surface area contributed by atoms with E-state index in [1.54, 1.807) is 12.1 Å². The molecule has 0 unspecified atom stereocenters. The van der Waals surface area contributed by atoms with E-state index >= 15 is 0 Å². The monoisotopic (exact) mass is 316 g/mol. The fourth-order valence-corrected chi connectivity index (χ4v) is 1.80. The van der Waals surface area contributed by atoms with Crippen LogP contribution in [0.4, 0.5) is 14.6 Å². The second-order valence-electron chi connectivity index (χ2n) is 4.51. The maximum atomic E-state index is 13.1. The highest BCUT2D eigenvalue weighted by Crippen LogP contribution is 2.23. The predicted molar refractivity (Wildman–Crippen MR) is 77.2 cm³/mol. The minimum Gasteiger partial charge on any atom is -0.457 e. The number of carbonyl (C=O) groups is 1. The van der Waals surface area contributed by atoms with Gasteiger partial charge in [-0.05, 0) is 36.4 Å². The van der Waals surface area contributed by atoms with E-state index in [0.717, 1.165) is 12.1 Å². The lowest BCUT2D eigenvalue weighted by atomic mass is 10.2. The zero-order valence-electron chi connectivity index (χ0n) is 11.6.